The summed E-state index contributed by atoms with van der Waals surface area (Å²) < 4.78 is 38.4. The zero-order valence-electron chi connectivity index (χ0n) is 11.2. The van der Waals surface area contributed by atoms with Crippen LogP contribution in [0.2, 0.25) is 0 Å². The predicted octanol–water partition coefficient (Wildman–Crippen LogP) is 2.89. The Morgan fingerprint density at radius 2 is 1.95 bits per heavy atom. The van der Waals surface area contributed by atoms with E-state index in [4.69, 9.17) is 0 Å². The van der Waals surface area contributed by atoms with E-state index in [1.54, 1.807) is 0 Å². The van der Waals surface area contributed by atoms with Crippen LogP contribution in [-0.2, 0) is 12.7 Å². The zero-order chi connectivity index (χ0) is 14.6. The molecule has 0 bridgehead atoms. The lowest BCUT2D eigenvalue weighted by molar-refractivity contribution is -0.138. The number of rotatable bonds is 4. The molecule has 1 aliphatic carbocycles. The van der Waals surface area contributed by atoms with Crippen molar-refractivity contribution in [3.8, 4) is 0 Å². The van der Waals surface area contributed by atoms with Crippen LogP contribution in [0.15, 0.2) is 18.3 Å². The lowest BCUT2D eigenvalue weighted by atomic mass is 9.85. The van der Waals surface area contributed by atoms with Gasteiger partial charge >= 0.3 is 6.18 Å². The quantitative estimate of drug-likeness (QED) is 0.895. The normalized spacial score (nSPS) is 19.0. The molecule has 0 spiro atoms. The fourth-order valence-corrected chi connectivity index (χ4v) is 2.64. The largest absolute Gasteiger partial charge is 0.418 e. The van der Waals surface area contributed by atoms with Crippen molar-refractivity contribution in [2.75, 3.05) is 6.54 Å². The first-order chi connectivity index (χ1) is 9.41. The summed E-state index contributed by atoms with van der Waals surface area (Å²) in [6, 6.07) is 2.31. The van der Waals surface area contributed by atoms with Crippen molar-refractivity contribution in [3.63, 3.8) is 0 Å². The SMILES string of the molecule is OC1(CNCc2ncccc2C(F)(F)F)CCCCC1. The predicted molar refractivity (Wildman–Crippen MR) is 69.0 cm³/mol. The van der Waals surface area contributed by atoms with E-state index in [1.807, 2.05) is 0 Å². The Morgan fingerprint density at radius 3 is 2.60 bits per heavy atom. The number of nitrogens with one attached hydrogen (secondary N) is 1. The minimum absolute atomic E-state index is 0.0119. The topological polar surface area (TPSA) is 45.1 Å². The molecule has 3 nitrogen and oxygen atoms in total. The van der Waals surface area contributed by atoms with Crippen LogP contribution in [0.4, 0.5) is 13.2 Å². The average Bonchev–Trinajstić information content (AvgIpc) is 2.39. The smallest absolute Gasteiger partial charge is 0.389 e. The molecule has 1 aliphatic rings. The van der Waals surface area contributed by atoms with Gasteiger partial charge in [-0.15, -0.1) is 0 Å². The number of alkyl halides is 3. The molecule has 112 valence electrons. The number of pyridine rings is 1. The minimum atomic E-state index is -4.40. The molecule has 0 atom stereocenters. The highest BCUT2D eigenvalue weighted by molar-refractivity contribution is 5.22. The van der Waals surface area contributed by atoms with Gasteiger partial charge in [-0.1, -0.05) is 19.3 Å². The molecular weight excluding hydrogens is 269 g/mol. The summed E-state index contributed by atoms with van der Waals surface area (Å²) in [5, 5.41) is 13.2. The Bertz CT molecular complexity index is 442. The van der Waals surface area contributed by atoms with E-state index < -0.39 is 17.3 Å². The van der Waals surface area contributed by atoms with E-state index in [9.17, 15) is 18.3 Å². The van der Waals surface area contributed by atoms with Gasteiger partial charge < -0.3 is 10.4 Å². The summed E-state index contributed by atoms with van der Waals surface area (Å²) in [4.78, 5) is 3.79. The summed E-state index contributed by atoms with van der Waals surface area (Å²) in [5.41, 5.74) is -1.53. The van der Waals surface area contributed by atoms with Crippen molar-refractivity contribution < 1.29 is 18.3 Å². The second-order valence-electron chi connectivity index (χ2n) is 5.38. The van der Waals surface area contributed by atoms with Crippen LogP contribution in [0.3, 0.4) is 0 Å². The second kappa shape index (κ2) is 6.10. The third-order valence-electron chi connectivity index (χ3n) is 3.73. The number of nitrogens with zero attached hydrogens (tertiary/aromatic N) is 1. The van der Waals surface area contributed by atoms with Gasteiger partial charge in [0.1, 0.15) is 0 Å². The summed E-state index contributed by atoms with van der Waals surface area (Å²) in [7, 11) is 0. The molecule has 1 aromatic rings. The van der Waals surface area contributed by atoms with Gasteiger partial charge in [-0.05, 0) is 25.0 Å². The Hall–Kier alpha value is -1.14. The van der Waals surface area contributed by atoms with Crippen LogP contribution in [0.5, 0.6) is 0 Å². The third-order valence-corrected chi connectivity index (χ3v) is 3.73. The Kier molecular flexibility index (Phi) is 4.65. The fourth-order valence-electron chi connectivity index (χ4n) is 2.64. The van der Waals surface area contributed by atoms with Crippen LogP contribution in [0.1, 0.15) is 43.4 Å². The summed E-state index contributed by atoms with van der Waals surface area (Å²) in [6.45, 7) is 0.318. The third kappa shape index (κ3) is 3.93. The highest BCUT2D eigenvalue weighted by Gasteiger charge is 2.34. The van der Waals surface area contributed by atoms with Crippen LogP contribution >= 0.6 is 0 Å². The first-order valence-corrected chi connectivity index (χ1v) is 6.85. The van der Waals surface area contributed by atoms with E-state index in [0.717, 1.165) is 25.3 Å². The van der Waals surface area contributed by atoms with Gasteiger partial charge in [0.15, 0.2) is 0 Å². The van der Waals surface area contributed by atoms with E-state index >= 15 is 0 Å². The molecule has 20 heavy (non-hydrogen) atoms. The molecule has 1 fully saturated rings. The van der Waals surface area contributed by atoms with Crippen molar-refractivity contribution in [1.82, 2.24) is 10.3 Å². The molecular formula is C14H19F3N2O. The van der Waals surface area contributed by atoms with Gasteiger partial charge in [0.2, 0.25) is 0 Å². The van der Waals surface area contributed by atoms with Gasteiger partial charge in [0, 0.05) is 19.3 Å². The van der Waals surface area contributed by atoms with Crippen molar-refractivity contribution in [1.29, 1.82) is 0 Å². The van der Waals surface area contributed by atoms with Gasteiger partial charge in [0.25, 0.3) is 0 Å². The zero-order valence-corrected chi connectivity index (χ0v) is 11.2. The number of hydrogen-bond acceptors (Lipinski definition) is 3. The Morgan fingerprint density at radius 1 is 1.25 bits per heavy atom. The van der Waals surface area contributed by atoms with Crippen molar-refractivity contribution >= 4 is 0 Å². The minimum Gasteiger partial charge on any atom is -0.389 e. The van der Waals surface area contributed by atoms with Crippen LogP contribution in [-0.4, -0.2) is 22.2 Å². The van der Waals surface area contributed by atoms with Crippen molar-refractivity contribution in [3.05, 3.63) is 29.6 Å². The molecule has 2 rings (SSSR count). The fraction of sp³-hybridized carbons (Fsp3) is 0.643. The maximum absolute atomic E-state index is 12.8. The standard InChI is InChI=1S/C14H19F3N2O/c15-14(16,17)11-5-4-8-19-12(11)9-18-10-13(20)6-2-1-3-7-13/h4-5,8,18,20H,1-3,6-7,9-10H2. The number of halogens is 3. The first kappa shape index (κ1) is 15.3. The van der Waals surface area contributed by atoms with Crippen LogP contribution in [0.25, 0.3) is 0 Å². The maximum Gasteiger partial charge on any atom is 0.418 e. The number of hydrogen-bond donors (Lipinski definition) is 2. The number of aliphatic hydroxyl groups is 1. The molecule has 1 saturated carbocycles. The lowest BCUT2D eigenvalue weighted by Crippen LogP contribution is -2.42. The lowest BCUT2D eigenvalue weighted by Gasteiger charge is -2.32. The maximum atomic E-state index is 12.8. The molecule has 0 saturated heterocycles. The van der Waals surface area contributed by atoms with Gasteiger partial charge in [-0.3, -0.25) is 4.98 Å². The average molecular weight is 288 g/mol. The molecule has 2 N–H and O–H groups in total. The molecule has 0 aliphatic heterocycles. The summed E-state index contributed by atoms with van der Waals surface area (Å²) in [6.07, 6.45) is 1.41. The Balaban J connectivity index is 1.94. The monoisotopic (exact) mass is 288 g/mol. The molecule has 0 radical (unpaired) electrons. The Labute approximate surface area is 116 Å². The molecule has 1 heterocycles. The molecule has 1 aromatic heterocycles. The van der Waals surface area contributed by atoms with Gasteiger partial charge in [0.05, 0.1) is 16.9 Å². The first-order valence-electron chi connectivity index (χ1n) is 6.85. The van der Waals surface area contributed by atoms with E-state index in [2.05, 4.69) is 10.3 Å². The number of aromatic nitrogens is 1. The molecule has 0 aromatic carbocycles. The van der Waals surface area contributed by atoms with E-state index in [0.29, 0.717) is 19.4 Å². The second-order valence-corrected chi connectivity index (χ2v) is 5.38. The van der Waals surface area contributed by atoms with Crippen molar-refractivity contribution in [2.24, 2.45) is 0 Å². The van der Waals surface area contributed by atoms with Crippen molar-refractivity contribution in [2.45, 2.75) is 50.4 Å². The molecule has 0 unspecified atom stereocenters. The van der Waals surface area contributed by atoms with Gasteiger partial charge in [-0.2, -0.15) is 13.2 Å². The molecule has 6 heteroatoms. The van der Waals surface area contributed by atoms with E-state index in [-0.39, 0.29) is 12.2 Å². The summed E-state index contributed by atoms with van der Waals surface area (Å²) >= 11 is 0. The van der Waals surface area contributed by atoms with Crippen LogP contribution in [0, 0.1) is 0 Å². The van der Waals surface area contributed by atoms with E-state index in [1.165, 1.54) is 12.3 Å². The summed E-state index contributed by atoms with van der Waals surface area (Å²) in [5.74, 6) is 0. The van der Waals surface area contributed by atoms with Crippen LogP contribution < -0.4 is 5.32 Å². The van der Waals surface area contributed by atoms with Gasteiger partial charge in [-0.25, -0.2) is 0 Å². The highest BCUT2D eigenvalue weighted by atomic mass is 19.4. The molecule has 0 amide bonds. The highest BCUT2D eigenvalue weighted by Crippen LogP contribution is 2.31.